The van der Waals surface area contributed by atoms with Gasteiger partial charge in [-0.15, -0.1) is 5.10 Å². The summed E-state index contributed by atoms with van der Waals surface area (Å²) in [7, 11) is 0. The molecule has 2 heterocycles. The van der Waals surface area contributed by atoms with Crippen LogP contribution in [-0.2, 0) is 6.54 Å². The number of nitrogens with zero attached hydrogens (tertiary/aromatic N) is 4. The Hall–Kier alpha value is -2.35. The van der Waals surface area contributed by atoms with E-state index < -0.39 is 0 Å². The summed E-state index contributed by atoms with van der Waals surface area (Å²) in [5.74, 6) is 0.326. The summed E-state index contributed by atoms with van der Waals surface area (Å²) in [4.78, 5) is 20.3. The standard InChI is InChI=1S/C12H12N6OS/c1-2-18-11(19)16-17-12(18)20-10-9(13)14-7-5-3-4-6-8(7)15-10/h3-6H,2H2,1H3,(H2,13,14)(H,16,19). The fourth-order valence-electron chi connectivity index (χ4n) is 1.82. The molecule has 0 saturated heterocycles. The summed E-state index contributed by atoms with van der Waals surface area (Å²) in [6.07, 6.45) is 0. The molecule has 0 bridgehead atoms. The lowest BCUT2D eigenvalue weighted by atomic mass is 10.3. The van der Waals surface area contributed by atoms with E-state index >= 15 is 0 Å². The predicted octanol–water partition coefficient (Wildman–Crippen LogP) is 1.27. The van der Waals surface area contributed by atoms with Gasteiger partial charge in [-0.2, -0.15) is 0 Å². The number of hydrogen-bond donors (Lipinski definition) is 2. The molecule has 0 aliphatic rings. The van der Waals surface area contributed by atoms with Crippen molar-refractivity contribution in [3.8, 4) is 0 Å². The fraction of sp³-hybridized carbons (Fsp3) is 0.167. The molecule has 7 nitrogen and oxygen atoms in total. The van der Waals surface area contributed by atoms with Crippen LogP contribution >= 0.6 is 11.8 Å². The van der Waals surface area contributed by atoms with E-state index in [0.29, 0.717) is 22.5 Å². The van der Waals surface area contributed by atoms with Gasteiger partial charge in [0.2, 0.25) is 0 Å². The molecule has 0 aliphatic heterocycles. The molecule has 8 heteroatoms. The average Bonchev–Trinajstić information content (AvgIpc) is 2.80. The fourth-order valence-corrected chi connectivity index (χ4v) is 2.70. The van der Waals surface area contributed by atoms with Gasteiger partial charge in [0.15, 0.2) is 11.0 Å². The van der Waals surface area contributed by atoms with E-state index in [1.165, 1.54) is 16.3 Å². The van der Waals surface area contributed by atoms with Gasteiger partial charge in [0.1, 0.15) is 5.03 Å². The highest BCUT2D eigenvalue weighted by atomic mass is 32.2. The summed E-state index contributed by atoms with van der Waals surface area (Å²) >= 11 is 1.22. The third-order valence-corrected chi connectivity index (χ3v) is 3.78. The van der Waals surface area contributed by atoms with E-state index in [9.17, 15) is 4.79 Å². The van der Waals surface area contributed by atoms with Crippen molar-refractivity contribution in [3.05, 3.63) is 34.7 Å². The quantitative estimate of drug-likeness (QED) is 0.752. The Bertz CT molecular complexity index is 824. The molecule has 0 fully saturated rings. The summed E-state index contributed by atoms with van der Waals surface area (Å²) in [5, 5.41) is 7.44. The first-order valence-corrected chi connectivity index (χ1v) is 6.86. The predicted molar refractivity (Wildman–Crippen MR) is 76.6 cm³/mol. The Morgan fingerprint density at radius 2 is 2.00 bits per heavy atom. The summed E-state index contributed by atoms with van der Waals surface area (Å²) in [6, 6.07) is 7.48. The van der Waals surface area contributed by atoms with E-state index in [1.807, 2.05) is 31.2 Å². The smallest absolute Gasteiger partial charge is 0.343 e. The second kappa shape index (κ2) is 4.97. The van der Waals surface area contributed by atoms with Crippen molar-refractivity contribution in [3.63, 3.8) is 0 Å². The molecule has 1 aromatic carbocycles. The SMILES string of the molecule is CCn1c(Sc2nc3ccccc3nc2N)n[nH]c1=O. The lowest BCUT2D eigenvalue weighted by Gasteiger charge is -2.05. The number of para-hydroxylation sites is 2. The Kier molecular flexibility index (Phi) is 3.15. The number of hydrogen-bond acceptors (Lipinski definition) is 6. The average molecular weight is 288 g/mol. The van der Waals surface area contributed by atoms with Crippen molar-refractivity contribution in [2.45, 2.75) is 23.7 Å². The zero-order valence-electron chi connectivity index (χ0n) is 10.7. The van der Waals surface area contributed by atoms with Crippen molar-refractivity contribution < 1.29 is 0 Å². The van der Waals surface area contributed by atoms with Crippen LogP contribution in [0.2, 0.25) is 0 Å². The first kappa shape index (κ1) is 12.7. The number of aromatic nitrogens is 5. The van der Waals surface area contributed by atoms with Crippen LogP contribution in [0.15, 0.2) is 39.2 Å². The Morgan fingerprint density at radius 3 is 2.70 bits per heavy atom. The molecule has 0 radical (unpaired) electrons. The normalized spacial score (nSPS) is 11.1. The number of aromatic amines is 1. The number of nitrogen functional groups attached to an aromatic ring is 1. The van der Waals surface area contributed by atoms with Gasteiger partial charge < -0.3 is 5.73 Å². The monoisotopic (exact) mass is 288 g/mol. The lowest BCUT2D eigenvalue weighted by Crippen LogP contribution is -2.16. The second-order valence-electron chi connectivity index (χ2n) is 4.06. The maximum Gasteiger partial charge on any atom is 0.343 e. The summed E-state index contributed by atoms with van der Waals surface area (Å²) < 4.78 is 1.51. The van der Waals surface area contributed by atoms with Gasteiger partial charge in [0.25, 0.3) is 0 Å². The van der Waals surface area contributed by atoms with Gasteiger partial charge in [-0.1, -0.05) is 12.1 Å². The molecule has 0 amide bonds. The molecular formula is C12H12N6OS. The maximum atomic E-state index is 11.5. The van der Waals surface area contributed by atoms with Gasteiger partial charge in [-0.05, 0) is 30.8 Å². The number of H-pyrrole nitrogens is 1. The van der Waals surface area contributed by atoms with Gasteiger partial charge in [0.05, 0.1) is 11.0 Å². The molecule has 0 atom stereocenters. The van der Waals surface area contributed by atoms with E-state index in [1.54, 1.807) is 0 Å². The number of benzene rings is 1. The zero-order valence-corrected chi connectivity index (χ0v) is 11.5. The van der Waals surface area contributed by atoms with Gasteiger partial charge in [-0.25, -0.2) is 19.9 Å². The van der Waals surface area contributed by atoms with Crippen LogP contribution in [0.3, 0.4) is 0 Å². The molecule has 20 heavy (non-hydrogen) atoms. The number of nitrogens with one attached hydrogen (secondary N) is 1. The molecule has 0 aliphatic carbocycles. The first-order chi connectivity index (χ1) is 9.69. The van der Waals surface area contributed by atoms with Crippen molar-refractivity contribution in [2.75, 3.05) is 5.73 Å². The molecule has 0 spiro atoms. The Labute approximate surface area is 118 Å². The minimum atomic E-state index is -0.248. The Morgan fingerprint density at radius 1 is 1.30 bits per heavy atom. The van der Waals surface area contributed by atoms with Crippen LogP contribution < -0.4 is 11.4 Å². The van der Waals surface area contributed by atoms with Crippen LogP contribution in [0.1, 0.15) is 6.92 Å². The van der Waals surface area contributed by atoms with Crippen LogP contribution in [0, 0.1) is 0 Å². The second-order valence-corrected chi connectivity index (χ2v) is 5.02. The molecule has 2 aromatic heterocycles. The van der Waals surface area contributed by atoms with Gasteiger partial charge >= 0.3 is 5.69 Å². The number of rotatable bonds is 3. The van der Waals surface area contributed by atoms with Gasteiger partial charge in [-0.3, -0.25) is 4.57 Å². The molecule has 3 aromatic rings. The van der Waals surface area contributed by atoms with Crippen molar-refractivity contribution in [2.24, 2.45) is 0 Å². The summed E-state index contributed by atoms with van der Waals surface area (Å²) in [5.41, 5.74) is 7.16. The van der Waals surface area contributed by atoms with E-state index in [2.05, 4.69) is 20.2 Å². The van der Waals surface area contributed by atoms with Crippen molar-refractivity contribution in [1.29, 1.82) is 0 Å². The minimum Gasteiger partial charge on any atom is -0.381 e. The topological polar surface area (TPSA) is 102 Å². The number of anilines is 1. The minimum absolute atomic E-state index is 0.248. The van der Waals surface area contributed by atoms with Crippen LogP contribution in [0.5, 0.6) is 0 Å². The van der Waals surface area contributed by atoms with Gasteiger partial charge in [0, 0.05) is 6.54 Å². The molecule has 3 N–H and O–H groups in total. The van der Waals surface area contributed by atoms with Crippen LogP contribution in [0.25, 0.3) is 11.0 Å². The van der Waals surface area contributed by atoms with E-state index in [4.69, 9.17) is 5.73 Å². The van der Waals surface area contributed by atoms with Crippen molar-refractivity contribution in [1.82, 2.24) is 24.7 Å². The molecule has 102 valence electrons. The Balaban J connectivity index is 2.06. The van der Waals surface area contributed by atoms with Crippen LogP contribution in [-0.4, -0.2) is 24.7 Å². The van der Waals surface area contributed by atoms with E-state index in [0.717, 1.165) is 11.0 Å². The highest BCUT2D eigenvalue weighted by Gasteiger charge is 2.13. The third-order valence-electron chi connectivity index (χ3n) is 2.79. The summed E-state index contributed by atoms with van der Waals surface area (Å²) in [6.45, 7) is 2.40. The molecular weight excluding hydrogens is 276 g/mol. The number of fused-ring (bicyclic) bond motifs is 1. The molecule has 0 saturated carbocycles. The van der Waals surface area contributed by atoms with Crippen LogP contribution in [0.4, 0.5) is 5.82 Å². The third kappa shape index (κ3) is 2.14. The maximum absolute atomic E-state index is 11.5. The first-order valence-electron chi connectivity index (χ1n) is 6.04. The zero-order chi connectivity index (χ0) is 14.1. The largest absolute Gasteiger partial charge is 0.381 e. The van der Waals surface area contributed by atoms with Crippen molar-refractivity contribution >= 4 is 28.6 Å². The number of nitrogens with two attached hydrogens (primary N) is 1. The highest BCUT2D eigenvalue weighted by molar-refractivity contribution is 7.99. The molecule has 3 rings (SSSR count). The molecule has 0 unspecified atom stereocenters. The highest BCUT2D eigenvalue weighted by Crippen LogP contribution is 2.28. The lowest BCUT2D eigenvalue weighted by molar-refractivity contribution is 0.660. The van der Waals surface area contributed by atoms with E-state index in [-0.39, 0.29) is 5.69 Å².